The van der Waals surface area contributed by atoms with E-state index in [1.165, 1.54) is 12.1 Å². The van der Waals surface area contributed by atoms with E-state index in [1.807, 2.05) is 0 Å². The molecule has 1 aliphatic rings. The van der Waals surface area contributed by atoms with Crippen molar-refractivity contribution in [3.05, 3.63) is 29.8 Å². The molecule has 76 valence electrons. The van der Waals surface area contributed by atoms with Crippen molar-refractivity contribution in [2.24, 2.45) is 5.92 Å². The maximum Gasteiger partial charge on any atom is 0.392 e. The Balaban J connectivity index is 2.10. The highest BCUT2D eigenvalue weighted by molar-refractivity contribution is 5.32. The van der Waals surface area contributed by atoms with Crippen LogP contribution in [0.25, 0.3) is 0 Å². The molecule has 0 spiro atoms. The average molecular weight is 202 g/mol. The van der Waals surface area contributed by atoms with E-state index in [0.717, 1.165) is 0 Å². The van der Waals surface area contributed by atoms with Crippen molar-refractivity contribution in [3.8, 4) is 5.75 Å². The van der Waals surface area contributed by atoms with E-state index in [-0.39, 0.29) is 12.2 Å². The molecule has 14 heavy (non-hydrogen) atoms. The zero-order valence-corrected chi connectivity index (χ0v) is 7.25. The zero-order valence-electron chi connectivity index (χ0n) is 7.25. The van der Waals surface area contributed by atoms with Crippen molar-refractivity contribution >= 4 is 0 Å². The Morgan fingerprint density at radius 2 is 1.71 bits per heavy atom. The topological polar surface area (TPSA) is 20.2 Å². The molecule has 2 rings (SSSR count). The average Bonchev–Trinajstić information content (AvgIpc) is 2.83. The van der Waals surface area contributed by atoms with Crippen LogP contribution in [0.1, 0.15) is 17.9 Å². The molecule has 1 aliphatic carbocycles. The second kappa shape index (κ2) is 2.90. The fourth-order valence-corrected chi connectivity index (χ4v) is 1.65. The molecule has 1 fully saturated rings. The van der Waals surface area contributed by atoms with Crippen LogP contribution in [0.15, 0.2) is 24.3 Å². The summed E-state index contributed by atoms with van der Waals surface area (Å²) in [4.78, 5) is 0. The molecule has 1 aromatic rings. The van der Waals surface area contributed by atoms with Crippen molar-refractivity contribution in [2.75, 3.05) is 0 Å². The monoisotopic (exact) mass is 202 g/mol. The maximum absolute atomic E-state index is 12.2. The van der Waals surface area contributed by atoms with Gasteiger partial charge in [-0.15, -0.1) is 0 Å². The number of aromatic hydroxyl groups is 1. The predicted molar refractivity (Wildman–Crippen MR) is 45.0 cm³/mol. The van der Waals surface area contributed by atoms with Gasteiger partial charge in [0.15, 0.2) is 0 Å². The van der Waals surface area contributed by atoms with E-state index in [2.05, 4.69) is 0 Å². The third-order valence-electron chi connectivity index (χ3n) is 2.53. The fourth-order valence-electron chi connectivity index (χ4n) is 1.65. The fraction of sp³-hybridized carbons (Fsp3) is 0.400. The van der Waals surface area contributed by atoms with Gasteiger partial charge in [0.2, 0.25) is 0 Å². The summed E-state index contributed by atoms with van der Waals surface area (Å²) in [6.07, 6.45) is -3.91. The molecule has 0 aromatic heterocycles. The summed E-state index contributed by atoms with van der Waals surface area (Å²) in [7, 11) is 0. The number of halogens is 3. The molecular formula is C10H9F3O. The normalized spacial score (nSPS) is 26.2. The summed E-state index contributed by atoms with van der Waals surface area (Å²) < 4.78 is 36.6. The zero-order chi connectivity index (χ0) is 10.3. The standard InChI is InChI=1S/C10H9F3O/c11-10(12,13)9-5-8(9)6-1-3-7(14)4-2-6/h1-4,8-9,14H,5H2. The van der Waals surface area contributed by atoms with Gasteiger partial charge in [0.25, 0.3) is 0 Å². The quantitative estimate of drug-likeness (QED) is 0.742. The van der Waals surface area contributed by atoms with Gasteiger partial charge in [0.05, 0.1) is 5.92 Å². The minimum atomic E-state index is -4.08. The molecule has 0 saturated heterocycles. The second-order valence-corrected chi connectivity index (χ2v) is 3.58. The third-order valence-corrected chi connectivity index (χ3v) is 2.53. The summed E-state index contributed by atoms with van der Waals surface area (Å²) in [5.41, 5.74) is 0.658. The predicted octanol–water partition coefficient (Wildman–Crippen LogP) is 3.06. The molecular weight excluding hydrogens is 193 g/mol. The van der Waals surface area contributed by atoms with Crippen LogP contribution in [0.4, 0.5) is 13.2 Å². The second-order valence-electron chi connectivity index (χ2n) is 3.58. The first-order chi connectivity index (χ1) is 6.48. The van der Waals surface area contributed by atoms with Gasteiger partial charge in [-0.3, -0.25) is 0 Å². The van der Waals surface area contributed by atoms with Crippen molar-refractivity contribution < 1.29 is 18.3 Å². The van der Waals surface area contributed by atoms with Crippen molar-refractivity contribution in [1.29, 1.82) is 0 Å². The summed E-state index contributed by atoms with van der Waals surface area (Å²) >= 11 is 0. The van der Waals surface area contributed by atoms with E-state index >= 15 is 0 Å². The van der Waals surface area contributed by atoms with Gasteiger partial charge in [-0.05, 0) is 30.0 Å². The summed E-state index contributed by atoms with van der Waals surface area (Å²) in [5, 5.41) is 8.96. The minimum Gasteiger partial charge on any atom is -0.508 e. The van der Waals surface area contributed by atoms with Gasteiger partial charge in [0.1, 0.15) is 5.75 Å². The Morgan fingerprint density at radius 3 is 2.14 bits per heavy atom. The highest BCUT2D eigenvalue weighted by atomic mass is 19.4. The summed E-state index contributed by atoms with van der Waals surface area (Å²) in [5.74, 6) is -1.51. The van der Waals surface area contributed by atoms with Gasteiger partial charge in [0, 0.05) is 0 Å². The van der Waals surface area contributed by atoms with Crippen molar-refractivity contribution in [3.63, 3.8) is 0 Å². The Bertz CT molecular complexity index is 328. The third kappa shape index (κ3) is 1.69. The molecule has 1 nitrogen and oxygen atoms in total. The number of hydrogen-bond acceptors (Lipinski definition) is 1. The lowest BCUT2D eigenvalue weighted by molar-refractivity contribution is -0.148. The van der Waals surface area contributed by atoms with E-state index in [9.17, 15) is 13.2 Å². The number of phenols is 1. The van der Waals surface area contributed by atoms with Gasteiger partial charge < -0.3 is 5.11 Å². The van der Waals surface area contributed by atoms with Crippen LogP contribution >= 0.6 is 0 Å². The van der Waals surface area contributed by atoms with Gasteiger partial charge in [-0.1, -0.05) is 12.1 Å². The van der Waals surface area contributed by atoms with Gasteiger partial charge in [-0.25, -0.2) is 0 Å². The number of hydrogen-bond donors (Lipinski definition) is 1. The van der Waals surface area contributed by atoms with Crippen LogP contribution in [0.2, 0.25) is 0 Å². The molecule has 0 radical (unpaired) electrons. The molecule has 1 saturated carbocycles. The van der Waals surface area contributed by atoms with Gasteiger partial charge in [-0.2, -0.15) is 13.2 Å². The number of alkyl halides is 3. The first kappa shape index (κ1) is 9.37. The first-order valence-corrected chi connectivity index (χ1v) is 4.34. The van der Waals surface area contributed by atoms with Crippen LogP contribution in [0.5, 0.6) is 5.75 Å². The van der Waals surface area contributed by atoms with E-state index in [4.69, 9.17) is 5.11 Å². The number of benzene rings is 1. The SMILES string of the molecule is Oc1ccc(C2CC2C(F)(F)F)cc1. The lowest BCUT2D eigenvalue weighted by Gasteiger charge is -2.05. The van der Waals surface area contributed by atoms with E-state index < -0.39 is 18.0 Å². The van der Waals surface area contributed by atoms with E-state index in [0.29, 0.717) is 5.56 Å². The minimum absolute atomic E-state index is 0.0814. The Morgan fingerprint density at radius 1 is 1.14 bits per heavy atom. The molecule has 1 N–H and O–H groups in total. The Kier molecular flexibility index (Phi) is 1.94. The molecule has 0 amide bonds. The molecule has 0 bridgehead atoms. The van der Waals surface area contributed by atoms with Crippen molar-refractivity contribution in [1.82, 2.24) is 0 Å². The summed E-state index contributed by atoms with van der Waals surface area (Å²) in [6, 6.07) is 5.93. The molecule has 2 atom stereocenters. The maximum atomic E-state index is 12.2. The summed E-state index contributed by atoms with van der Waals surface area (Å²) in [6.45, 7) is 0. The first-order valence-electron chi connectivity index (χ1n) is 4.34. The number of rotatable bonds is 1. The molecule has 1 aromatic carbocycles. The van der Waals surface area contributed by atoms with Crippen LogP contribution in [-0.4, -0.2) is 11.3 Å². The van der Waals surface area contributed by atoms with E-state index in [1.54, 1.807) is 12.1 Å². The lowest BCUT2D eigenvalue weighted by Crippen LogP contribution is -2.11. The molecule has 0 aliphatic heterocycles. The smallest absolute Gasteiger partial charge is 0.392 e. The highest BCUT2D eigenvalue weighted by Crippen LogP contribution is 2.56. The molecule has 4 heteroatoms. The van der Waals surface area contributed by atoms with Crippen LogP contribution in [-0.2, 0) is 0 Å². The van der Waals surface area contributed by atoms with Crippen LogP contribution < -0.4 is 0 Å². The Hall–Kier alpha value is -1.19. The molecule has 2 unspecified atom stereocenters. The largest absolute Gasteiger partial charge is 0.508 e. The lowest BCUT2D eigenvalue weighted by atomic mass is 10.1. The van der Waals surface area contributed by atoms with Crippen LogP contribution in [0.3, 0.4) is 0 Å². The molecule has 0 heterocycles. The Labute approximate surface area is 79.2 Å². The van der Waals surface area contributed by atoms with Crippen molar-refractivity contribution in [2.45, 2.75) is 18.5 Å². The van der Waals surface area contributed by atoms with Gasteiger partial charge >= 0.3 is 6.18 Å². The highest BCUT2D eigenvalue weighted by Gasteiger charge is 2.55. The number of phenolic OH excluding ortho intramolecular Hbond substituents is 1. The van der Waals surface area contributed by atoms with Crippen LogP contribution in [0, 0.1) is 5.92 Å².